The second-order valence-corrected chi connectivity index (χ2v) is 3.99. The van der Waals surface area contributed by atoms with Gasteiger partial charge < -0.3 is 9.47 Å². The first-order chi connectivity index (χ1) is 8.12. The molecule has 17 heavy (non-hydrogen) atoms. The van der Waals surface area contributed by atoms with E-state index in [2.05, 4.69) is 12.0 Å². The smallest absolute Gasteiger partial charge is 0.161 e. The molecule has 4 heteroatoms. The van der Waals surface area contributed by atoms with Crippen LogP contribution in [-0.2, 0) is 0 Å². The van der Waals surface area contributed by atoms with Crippen LogP contribution in [-0.4, -0.2) is 14.2 Å². The maximum Gasteiger partial charge on any atom is 0.161 e. The van der Waals surface area contributed by atoms with E-state index < -0.39 is 0 Å². The van der Waals surface area contributed by atoms with Gasteiger partial charge >= 0.3 is 0 Å². The van der Waals surface area contributed by atoms with Gasteiger partial charge in [-0.2, -0.15) is 0 Å². The van der Waals surface area contributed by atoms with E-state index in [1.54, 1.807) is 14.2 Å². The Balaban J connectivity index is 3.00. The molecule has 0 saturated heterocycles. The Morgan fingerprint density at radius 2 is 2.00 bits per heavy atom. The summed E-state index contributed by atoms with van der Waals surface area (Å²) < 4.78 is 10.5. The maximum atomic E-state index is 5.55. The Labute approximate surface area is 102 Å². The molecule has 3 N–H and O–H groups in total. The van der Waals surface area contributed by atoms with E-state index in [0.29, 0.717) is 11.5 Å². The molecule has 1 atom stereocenters. The van der Waals surface area contributed by atoms with E-state index in [0.717, 1.165) is 17.6 Å². The van der Waals surface area contributed by atoms with E-state index in [4.69, 9.17) is 15.3 Å². The number of methoxy groups -OCH3 is 2. The molecule has 0 amide bonds. The van der Waals surface area contributed by atoms with Gasteiger partial charge in [-0.3, -0.25) is 11.3 Å². The Morgan fingerprint density at radius 3 is 2.47 bits per heavy atom. The lowest BCUT2D eigenvalue weighted by Crippen LogP contribution is -2.28. The lowest BCUT2D eigenvalue weighted by atomic mass is 10.0. The van der Waals surface area contributed by atoms with Gasteiger partial charge in [0.1, 0.15) is 0 Å². The molecule has 1 unspecified atom stereocenters. The van der Waals surface area contributed by atoms with Crippen molar-refractivity contribution in [3.05, 3.63) is 35.9 Å². The number of rotatable bonds is 6. The van der Waals surface area contributed by atoms with Crippen LogP contribution in [0.3, 0.4) is 0 Å². The van der Waals surface area contributed by atoms with Gasteiger partial charge in [-0.25, -0.2) is 0 Å². The van der Waals surface area contributed by atoms with Crippen LogP contribution >= 0.6 is 0 Å². The molecule has 0 radical (unpaired) electrons. The highest BCUT2D eigenvalue weighted by Crippen LogP contribution is 2.31. The van der Waals surface area contributed by atoms with Crippen LogP contribution in [0.5, 0.6) is 11.5 Å². The molecule has 4 nitrogen and oxygen atoms in total. The fourth-order valence-electron chi connectivity index (χ4n) is 1.69. The average molecular weight is 236 g/mol. The zero-order chi connectivity index (χ0) is 12.8. The van der Waals surface area contributed by atoms with Crippen molar-refractivity contribution < 1.29 is 9.47 Å². The monoisotopic (exact) mass is 236 g/mol. The summed E-state index contributed by atoms with van der Waals surface area (Å²) in [5, 5.41) is 0. The summed E-state index contributed by atoms with van der Waals surface area (Å²) in [5.74, 6) is 6.96. The molecule has 0 heterocycles. The van der Waals surface area contributed by atoms with E-state index in [-0.39, 0.29) is 6.04 Å². The summed E-state index contributed by atoms with van der Waals surface area (Å²) in [5.41, 5.74) is 4.90. The van der Waals surface area contributed by atoms with Gasteiger partial charge in [-0.15, -0.1) is 6.58 Å². The number of hydrogen-bond donors (Lipinski definition) is 2. The molecule has 0 fully saturated rings. The summed E-state index contributed by atoms with van der Waals surface area (Å²) in [4.78, 5) is 0. The van der Waals surface area contributed by atoms with Crippen LogP contribution in [0.15, 0.2) is 30.4 Å². The van der Waals surface area contributed by atoms with Crippen molar-refractivity contribution in [2.45, 2.75) is 19.4 Å². The van der Waals surface area contributed by atoms with Crippen molar-refractivity contribution in [2.24, 2.45) is 5.84 Å². The number of benzene rings is 1. The van der Waals surface area contributed by atoms with E-state index in [9.17, 15) is 0 Å². The van der Waals surface area contributed by atoms with Crippen LogP contribution in [0.2, 0.25) is 0 Å². The Bertz CT molecular complexity index is 391. The van der Waals surface area contributed by atoms with Gasteiger partial charge in [0, 0.05) is 6.04 Å². The van der Waals surface area contributed by atoms with Crippen LogP contribution in [0, 0.1) is 0 Å². The quantitative estimate of drug-likeness (QED) is 0.451. The van der Waals surface area contributed by atoms with E-state index in [1.165, 1.54) is 0 Å². The lowest BCUT2D eigenvalue weighted by Gasteiger charge is -2.18. The highest BCUT2D eigenvalue weighted by atomic mass is 16.5. The second-order valence-electron chi connectivity index (χ2n) is 3.99. The van der Waals surface area contributed by atoms with Crippen molar-refractivity contribution in [1.82, 2.24) is 5.43 Å². The molecule has 94 valence electrons. The third kappa shape index (κ3) is 3.47. The number of ether oxygens (including phenoxy) is 2. The van der Waals surface area contributed by atoms with Crippen molar-refractivity contribution in [2.75, 3.05) is 14.2 Å². The van der Waals surface area contributed by atoms with Crippen molar-refractivity contribution >= 4 is 0 Å². The summed E-state index contributed by atoms with van der Waals surface area (Å²) in [6, 6.07) is 5.80. The molecule has 1 aromatic carbocycles. The molecule has 0 aliphatic heterocycles. The second kappa shape index (κ2) is 6.27. The van der Waals surface area contributed by atoms with Gasteiger partial charge in [0.25, 0.3) is 0 Å². The van der Waals surface area contributed by atoms with Gasteiger partial charge in [0.05, 0.1) is 14.2 Å². The Kier molecular flexibility index (Phi) is 5.00. The van der Waals surface area contributed by atoms with Crippen molar-refractivity contribution in [3.63, 3.8) is 0 Å². The fraction of sp³-hybridized carbons (Fsp3) is 0.385. The summed E-state index contributed by atoms with van der Waals surface area (Å²) in [7, 11) is 3.23. The first-order valence-electron chi connectivity index (χ1n) is 5.44. The first kappa shape index (κ1) is 13.5. The number of hydrazine groups is 1. The van der Waals surface area contributed by atoms with Gasteiger partial charge in [0.2, 0.25) is 0 Å². The number of nitrogens with two attached hydrogens (primary N) is 1. The minimum atomic E-state index is 0.0345. The molecule has 1 rings (SSSR count). The van der Waals surface area contributed by atoms with E-state index >= 15 is 0 Å². The van der Waals surface area contributed by atoms with Gasteiger partial charge in [-0.1, -0.05) is 11.6 Å². The standard InChI is InChI=1S/C13H20N2O2/c1-9(2)7-11(15-14)10-5-6-12(16-3)13(8-10)17-4/h5-6,8,11,15H,1,7,14H2,2-4H3. The Hall–Kier alpha value is -1.52. The highest BCUT2D eigenvalue weighted by molar-refractivity contribution is 5.43. The summed E-state index contributed by atoms with van der Waals surface area (Å²) in [6.45, 7) is 5.87. The predicted molar refractivity (Wildman–Crippen MR) is 69.0 cm³/mol. The molecule has 1 aromatic rings. The van der Waals surface area contributed by atoms with Crippen LogP contribution in [0.1, 0.15) is 24.9 Å². The highest BCUT2D eigenvalue weighted by Gasteiger charge is 2.12. The zero-order valence-corrected chi connectivity index (χ0v) is 10.6. The largest absolute Gasteiger partial charge is 0.493 e. The van der Waals surface area contributed by atoms with Gasteiger partial charge in [0.15, 0.2) is 11.5 Å². The minimum Gasteiger partial charge on any atom is -0.493 e. The van der Waals surface area contributed by atoms with Crippen molar-refractivity contribution in [3.8, 4) is 11.5 Å². The molecule has 0 aromatic heterocycles. The van der Waals surface area contributed by atoms with E-state index in [1.807, 2.05) is 25.1 Å². The normalized spacial score (nSPS) is 12.0. The molecular formula is C13H20N2O2. The number of hydrogen-bond acceptors (Lipinski definition) is 4. The molecule has 0 spiro atoms. The molecular weight excluding hydrogens is 216 g/mol. The zero-order valence-electron chi connectivity index (χ0n) is 10.6. The van der Waals surface area contributed by atoms with Crippen molar-refractivity contribution in [1.29, 1.82) is 0 Å². The topological polar surface area (TPSA) is 56.5 Å². The third-order valence-electron chi connectivity index (χ3n) is 2.56. The molecule has 0 aliphatic rings. The molecule has 0 aliphatic carbocycles. The number of nitrogens with one attached hydrogen (secondary N) is 1. The Morgan fingerprint density at radius 1 is 1.35 bits per heavy atom. The summed E-state index contributed by atoms with van der Waals surface area (Å²) >= 11 is 0. The molecule has 0 saturated carbocycles. The third-order valence-corrected chi connectivity index (χ3v) is 2.56. The average Bonchev–Trinajstić information content (AvgIpc) is 2.34. The van der Waals surface area contributed by atoms with Crippen LogP contribution in [0.25, 0.3) is 0 Å². The maximum absolute atomic E-state index is 5.55. The van der Waals surface area contributed by atoms with Crippen LogP contribution in [0.4, 0.5) is 0 Å². The SMILES string of the molecule is C=C(C)CC(NN)c1ccc(OC)c(OC)c1. The summed E-state index contributed by atoms with van der Waals surface area (Å²) in [6.07, 6.45) is 0.784. The fourth-order valence-corrected chi connectivity index (χ4v) is 1.69. The molecule has 0 bridgehead atoms. The van der Waals surface area contributed by atoms with Gasteiger partial charge in [-0.05, 0) is 31.0 Å². The predicted octanol–water partition coefficient (Wildman–Crippen LogP) is 2.17. The van der Waals surface area contributed by atoms with Crippen LogP contribution < -0.4 is 20.7 Å². The lowest BCUT2D eigenvalue weighted by molar-refractivity contribution is 0.353. The minimum absolute atomic E-state index is 0.0345. The first-order valence-corrected chi connectivity index (χ1v) is 5.44.